The quantitative estimate of drug-likeness (QED) is 0.531. The standard InChI is InChI=1S/C16H14N2O2S/c1-19-14-8-4-2-6-12(14)10-17-20-11-16-18-13-7-3-5-9-15(13)21-16/h2-10H,11H2,1H3/b17-10-. The van der Waals surface area contributed by atoms with E-state index in [1.165, 1.54) is 0 Å². The van der Waals surface area contributed by atoms with E-state index in [2.05, 4.69) is 16.2 Å². The summed E-state index contributed by atoms with van der Waals surface area (Å²) in [6.07, 6.45) is 1.64. The van der Waals surface area contributed by atoms with Gasteiger partial charge in [0.05, 0.1) is 23.5 Å². The molecule has 1 aromatic heterocycles. The van der Waals surface area contributed by atoms with Gasteiger partial charge in [-0.15, -0.1) is 11.3 Å². The number of hydrogen-bond donors (Lipinski definition) is 0. The number of para-hydroxylation sites is 2. The summed E-state index contributed by atoms with van der Waals surface area (Å²) in [5, 5.41) is 4.89. The highest BCUT2D eigenvalue weighted by atomic mass is 32.1. The Hall–Kier alpha value is -2.40. The minimum atomic E-state index is 0.366. The van der Waals surface area contributed by atoms with Gasteiger partial charge < -0.3 is 9.57 Å². The van der Waals surface area contributed by atoms with Gasteiger partial charge in [-0.25, -0.2) is 4.98 Å². The molecule has 0 saturated carbocycles. The maximum atomic E-state index is 5.31. The van der Waals surface area contributed by atoms with Crippen molar-refractivity contribution in [2.24, 2.45) is 5.16 Å². The molecule has 0 atom stereocenters. The predicted octanol–water partition coefficient (Wildman–Crippen LogP) is 3.86. The number of ether oxygens (including phenoxy) is 1. The van der Waals surface area contributed by atoms with Gasteiger partial charge in [-0.3, -0.25) is 0 Å². The maximum absolute atomic E-state index is 5.31. The molecular weight excluding hydrogens is 284 g/mol. The Bertz CT molecular complexity index is 735. The molecule has 0 fully saturated rings. The summed E-state index contributed by atoms with van der Waals surface area (Å²) in [7, 11) is 1.63. The Morgan fingerprint density at radius 2 is 1.95 bits per heavy atom. The number of oxime groups is 1. The van der Waals surface area contributed by atoms with E-state index in [0.717, 1.165) is 26.5 Å². The van der Waals surface area contributed by atoms with Gasteiger partial charge in [0.1, 0.15) is 10.8 Å². The SMILES string of the molecule is COc1ccccc1/C=N\OCc1nc2ccccc2s1. The van der Waals surface area contributed by atoms with Crippen molar-refractivity contribution in [1.29, 1.82) is 0 Å². The first-order valence-corrected chi connectivity index (χ1v) is 7.31. The van der Waals surface area contributed by atoms with Crippen LogP contribution in [-0.4, -0.2) is 18.3 Å². The third-order valence-corrected chi connectivity index (χ3v) is 3.94. The number of hydrogen-bond acceptors (Lipinski definition) is 5. The largest absolute Gasteiger partial charge is 0.496 e. The molecular formula is C16H14N2O2S. The van der Waals surface area contributed by atoms with Crippen LogP contribution in [0.1, 0.15) is 10.6 Å². The second-order valence-electron chi connectivity index (χ2n) is 4.33. The molecule has 0 amide bonds. The lowest BCUT2D eigenvalue weighted by molar-refractivity contribution is 0.132. The van der Waals surface area contributed by atoms with Crippen LogP contribution in [0.3, 0.4) is 0 Å². The van der Waals surface area contributed by atoms with E-state index in [-0.39, 0.29) is 0 Å². The Morgan fingerprint density at radius 1 is 1.14 bits per heavy atom. The lowest BCUT2D eigenvalue weighted by Gasteiger charge is -2.02. The van der Waals surface area contributed by atoms with Gasteiger partial charge in [0.15, 0.2) is 6.61 Å². The molecule has 4 nitrogen and oxygen atoms in total. The molecule has 2 aromatic carbocycles. The number of rotatable bonds is 5. The first kappa shape index (κ1) is 13.6. The van der Waals surface area contributed by atoms with Crippen molar-refractivity contribution in [3.8, 4) is 5.75 Å². The van der Waals surface area contributed by atoms with Crippen LogP contribution in [-0.2, 0) is 11.4 Å². The van der Waals surface area contributed by atoms with E-state index in [1.54, 1.807) is 24.7 Å². The summed E-state index contributed by atoms with van der Waals surface area (Å²) < 4.78 is 6.40. The summed E-state index contributed by atoms with van der Waals surface area (Å²) in [6.45, 7) is 0.366. The minimum Gasteiger partial charge on any atom is -0.496 e. The highest BCUT2D eigenvalue weighted by Crippen LogP contribution is 2.22. The van der Waals surface area contributed by atoms with E-state index >= 15 is 0 Å². The monoisotopic (exact) mass is 298 g/mol. The second kappa shape index (κ2) is 6.37. The molecule has 0 saturated heterocycles. The second-order valence-corrected chi connectivity index (χ2v) is 5.44. The Balaban J connectivity index is 1.64. The van der Waals surface area contributed by atoms with Gasteiger partial charge in [0.2, 0.25) is 0 Å². The van der Waals surface area contributed by atoms with Crippen LogP contribution in [0.5, 0.6) is 5.75 Å². The first-order valence-electron chi connectivity index (χ1n) is 6.49. The van der Waals surface area contributed by atoms with Crippen LogP contribution < -0.4 is 4.74 Å². The Labute approximate surface area is 126 Å². The lowest BCUT2D eigenvalue weighted by Crippen LogP contribution is -1.91. The van der Waals surface area contributed by atoms with Crippen molar-refractivity contribution in [3.63, 3.8) is 0 Å². The van der Waals surface area contributed by atoms with E-state index in [4.69, 9.17) is 9.57 Å². The van der Waals surface area contributed by atoms with Crippen molar-refractivity contribution in [1.82, 2.24) is 4.98 Å². The van der Waals surface area contributed by atoms with Crippen molar-refractivity contribution >= 4 is 27.8 Å². The molecule has 0 bridgehead atoms. The number of benzene rings is 2. The summed E-state index contributed by atoms with van der Waals surface area (Å²) in [5.41, 5.74) is 1.87. The van der Waals surface area contributed by atoms with Crippen molar-refractivity contribution in [2.45, 2.75) is 6.61 Å². The molecule has 0 unspecified atom stereocenters. The maximum Gasteiger partial charge on any atom is 0.168 e. The number of fused-ring (bicyclic) bond motifs is 1. The molecule has 3 aromatic rings. The summed E-state index contributed by atoms with van der Waals surface area (Å²) in [5.74, 6) is 0.768. The fraction of sp³-hybridized carbons (Fsp3) is 0.125. The van der Waals surface area contributed by atoms with Crippen LogP contribution >= 0.6 is 11.3 Å². The van der Waals surface area contributed by atoms with E-state index in [9.17, 15) is 0 Å². The average molecular weight is 298 g/mol. The number of thiazole rings is 1. The highest BCUT2D eigenvalue weighted by molar-refractivity contribution is 7.18. The van der Waals surface area contributed by atoms with Gasteiger partial charge in [0, 0.05) is 5.56 Å². The fourth-order valence-corrected chi connectivity index (χ4v) is 2.82. The topological polar surface area (TPSA) is 43.7 Å². The van der Waals surface area contributed by atoms with E-state index in [1.807, 2.05) is 42.5 Å². The van der Waals surface area contributed by atoms with Gasteiger partial charge in [-0.2, -0.15) is 0 Å². The summed E-state index contributed by atoms with van der Waals surface area (Å²) >= 11 is 1.62. The van der Waals surface area contributed by atoms with Gasteiger partial charge in [0.25, 0.3) is 0 Å². The number of aromatic nitrogens is 1. The zero-order valence-corrected chi connectivity index (χ0v) is 12.3. The molecule has 21 heavy (non-hydrogen) atoms. The van der Waals surface area contributed by atoms with Gasteiger partial charge in [-0.05, 0) is 24.3 Å². The fourth-order valence-electron chi connectivity index (χ4n) is 1.94. The Kier molecular flexibility index (Phi) is 4.12. The van der Waals surface area contributed by atoms with Crippen LogP contribution in [0.4, 0.5) is 0 Å². The Morgan fingerprint density at radius 3 is 2.81 bits per heavy atom. The third-order valence-electron chi connectivity index (χ3n) is 2.93. The van der Waals surface area contributed by atoms with Crippen molar-refractivity contribution < 1.29 is 9.57 Å². The third kappa shape index (κ3) is 3.20. The molecule has 106 valence electrons. The van der Waals surface area contributed by atoms with Gasteiger partial charge in [-0.1, -0.05) is 29.4 Å². The van der Waals surface area contributed by atoms with Crippen LogP contribution in [0.2, 0.25) is 0 Å². The van der Waals surface area contributed by atoms with Crippen LogP contribution in [0.25, 0.3) is 10.2 Å². The van der Waals surface area contributed by atoms with Crippen molar-refractivity contribution in [3.05, 3.63) is 59.1 Å². The zero-order valence-electron chi connectivity index (χ0n) is 11.5. The van der Waals surface area contributed by atoms with E-state index < -0.39 is 0 Å². The highest BCUT2D eigenvalue weighted by Gasteiger charge is 2.03. The first-order chi connectivity index (χ1) is 10.4. The van der Waals surface area contributed by atoms with E-state index in [0.29, 0.717) is 6.61 Å². The molecule has 3 rings (SSSR count). The predicted molar refractivity (Wildman–Crippen MR) is 85.0 cm³/mol. The molecule has 0 aliphatic rings. The normalized spacial score (nSPS) is 11.1. The molecule has 0 aliphatic carbocycles. The average Bonchev–Trinajstić information content (AvgIpc) is 2.94. The zero-order chi connectivity index (χ0) is 14.5. The molecule has 0 spiro atoms. The smallest absolute Gasteiger partial charge is 0.168 e. The molecule has 0 radical (unpaired) electrons. The lowest BCUT2D eigenvalue weighted by atomic mass is 10.2. The van der Waals surface area contributed by atoms with Crippen LogP contribution in [0, 0.1) is 0 Å². The summed E-state index contributed by atoms with van der Waals surface area (Å²) in [6, 6.07) is 15.7. The van der Waals surface area contributed by atoms with Gasteiger partial charge >= 0.3 is 0 Å². The number of nitrogens with zero attached hydrogens (tertiary/aromatic N) is 2. The molecule has 1 heterocycles. The minimum absolute atomic E-state index is 0.366. The molecule has 0 aliphatic heterocycles. The molecule has 5 heteroatoms. The molecule has 0 N–H and O–H groups in total. The van der Waals surface area contributed by atoms with Crippen molar-refractivity contribution in [2.75, 3.05) is 7.11 Å². The van der Waals surface area contributed by atoms with Crippen LogP contribution in [0.15, 0.2) is 53.7 Å². The number of methoxy groups -OCH3 is 1. The summed E-state index contributed by atoms with van der Waals surface area (Å²) in [4.78, 5) is 9.80.